The molecule has 23 heavy (non-hydrogen) atoms. The molecule has 5 nitrogen and oxygen atoms in total. The molecule has 1 atom stereocenters. The number of aliphatic hydroxyl groups is 1. The minimum atomic E-state index is -0.300. The second kappa shape index (κ2) is 6.62. The first-order valence-electron chi connectivity index (χ1n) is 8.21. The Hall–Kier alpha value is -2.01. The lowest BCUT2D eigenvalue weighted by Gasteiger charge is -2.16. The summed E-state index contributed by atoms with van der Waals surface area (Å²) in [6.07, 6.45) is 2.09. The van der Waals surface area contributed by atoms with Crippen LogP contribution in [0.2, 0.25) is 0 Å². The molecule has 1 fully saturated rings. The van der Waals surface area contributed by atoms with Crippen molar-refractivity contribution in [2.24, 2.45) is 5.92 Å². The predicted molar refractivity (Wildman–Crippen MR) is 87.8 cm³/mol. The number of carbonyl (C=O) groups is 1. The van der Waals surface area contributed by atoms with Crippen LogP contribution in [0.15, 0.2) is 24.3 Å². The summed E-state index contributed by atoms with van der Waals surface area (Å²) in [7, 11) is 0. The number of benzene rings is 1. The lowest BCUT2D eigenvalue weighted by atomic mass is 10.2. The van der Waals surface area contributed by atoms with Crippen LogP contribution in [-0.4, -0.2) is 35.0 Å². The Morgan fingerprint density at radius 3 is 2.87 bits per heavy atom. The van der Waals surface area contributed by atoms with E-state index in [-0.39, 0.29) is 18.7 Å². The molecule has 5 heteroatoms. The minimum absolute atomic E-state index is 0.0511. The lowest BCUT2D eigenvalue weighted by Crippen LogP contribution is -2.17. The smallest absolute Gasteiger partial charge is 0.354 e. The molecule has 0 saturated heterocycles. The summed E-state index contributed by atoms with van der Waals surface area (Å²) in [6, 6.07) is 7.62. The van der Waals surface area contributed by atoms with Gasteiger partial charge in [0.1, 0.15) is 17.5 Å². The topological polar surface area (TPSA) is 60.7 Å². The molecule has 1 aromatic heterocycles. The van der Waals surface area contributed by atoms with Crippen LogP contribution in [-0.2, 0) is 11.3 Å². The van der Waals surface area contributed by atoms with Crippen molar-refractivity contribution in [1.29, 1.82) is 0 Å². The van der Waals surface area contributed by atoms with Gasteiger partial charge in [0.25, 0.3) is 0 Å². The van der Waals surface area contributed by atoms with Crippen LogP contribution in [0.1, 0.15) is 37.2 Å². The van der Waals surface area contributed by atoms with Crippen molar-refractivity contribution in [2.45, 2.75) is 39.3 Å². The molecule has 1 N–H and O–H groups in total. The monoisotopic (exact) mass is 317 g/mol. The number of hydrogen-bond acceptors (Lipinski definition) is 4. The number of fused-ring (bicyclic) bond motifs is 1. The first-order valence-corrected chi connectivity index (χ1v) is 8.21. The minimum Gasteiger partial charge on any atom is -0.486 e. The van der Waals surface area contributed by atoms with Crippen molar-refractivity contribution in [3.05, 3.63) is 30.0 Å². The fourth-order valence-corrected chi connectivity index (χ4v) is 2.76. The van der Waals surface area contributed by atoms with Crippen LogP contribution in [0.4, 0.5) is 0 Å². The zero-order valence-corrected chi connectivity index (χ0v) is 13.6. The highest BCUT2D eigenvalue weighted by Gasteiger charge is 2.27. The van der Waals surface area contributed by atoms with Crippen molar-refractivity contribution >= 4 is 16.9 Å². The van der Waals surface area contributed by atoms with E-state index in [1.54, 1.807) is 0 Å². The summed E-state index contributed by atoms with van der Waals surface area (Å²) in [5, 5.41) is 10.2. The average molecular weight is 317 g/mol. The molecule has 1 aromatic carbocycles. The molecule has 0 spiro atoms. The maximum atomic E-state index is 12.3. The van der Waals surface area contributed by atoms with E-state index in [1.807, 2.05) is 42.7 Å². The number of aromatic nitrogens is 1. The van der Waals surface area contributed by atoms with Gasteiger partial charge in [0.2, 0.25) is 0 Å². The maximum Gasteiger partial charge on any atom is 0.354 e. The van der Waals surface area contributed by atoms with E-state index in [9.17, 15) is 9.90 Å². The molecule has 1 saturated carbocycles. The molecule has 0 bridgehead atoms. The van der Waals surface area contributed by atoms with Gasteiger partial charge in [-0.2, -0.15) is 0 Å². The summed E-state index contributed by atoms with van der Waals surface area (Å²) in [6.45, 7) is 4.73. The maximum absolute atomic E-state index is 12.3. The summed E-state index contributed by atoms with van der Waals surface area (Å²) in [4.78, 5) is 12.3. The van der Waals surface area contributed by atoms with Gasteiger partial charge in [-0.15, -0.1) is 0 Å². The number of rotatable bonds is 7. The normalized spacial score (nSPS) is 15.6. The zero-order chi connectivity index (χ0) is 16.4. The highest BCUT2D eigenvalue weighted by atomic mass is 16.5. The number of aliphatic hydroxyl groups excluding tert-OH is 1. The van der Waals surface area contributed by atoms with Gasteiger partial charge in [0.15, 0.2) is 0 Å². The molecular weight excluding hydrogens is 294 g/mol. The summed E-state index contributed by atoms with van der Waals surface area (Å²) in [5.41, 5.74) is 1.48. The molecule has 0 unspecified atom stereocenters. The Bertz CT molecular complexity index is 702. The van der Waals surface area contributed by atoms with Crippen LogP contribution in [0.3, 0.4) is 0 Å². The zero-order valence-electron chi connectivity index (χ0n) is 13.6. The quantitative estimate of drug-likeness (QED) is 0.798. The molecule has 1 aliphatic carbocycles. The van der Waals surface area contributed by atoms with Crippen LogP contribution in [0.5, 0.6) is 5.75 Å². The highest BCUT2D eigenvalue weighted by molar-refractivity contribution is 5.97. The Morgan fingerprint density at radius 2 is 2.22 bits per heavy atom. The van der Waals surface area contributed by atoms with Crippen molar-refractivity contribution in [3.8, 4) is 5.75 Å². The van der Waals surface area contributed by atoms with Crippen molar-refractivity contribution in [3.63, 3.8) is 0 Å². The van der Waals surface area contributed by atoms with Crippen molar-refractivity contribution < 1.29 is 19.4 Å². The Morgan fingerprint density at radius 1 is 1.43 bits per heavy atom. The number of esters is 1. The van der Waals surface area contributed by atoms with E-state index in [0.717, 1.165) is 17.4 Å². The summed E-state index contributed by atoms with van der Waals surface area (Å²) < 4.78 is 13.1. The molecule has 1 heterocycles. The number of hydrogen-bond donors (Lipinski definition) is 1. The number of carbonyl (C=O) groups excluding carboxylic acids is 1. The largest absolute Gasteiger partial charge is 0.486 e. The molecule has 3 rings (SSSR count). The van der Waals surface area contributed by atoms with Crippen molar-refractivity contribution in [1.82, 2.24) is 4.57 Å². The standard InChI is InChI=1S/C18H23NO4/c1-3-22-18(21)15-9-14-5-4-6-16(23-12(2)11-20)17(14)19(15)10-13-7-8-13/h4-6,9,12-13,20H,3,7-8,10-11H2,1-2H3/t12-/m1/s1. The Kier molecular flexibility index (Phi) is 4.57. The van der Waals surface area contributed by atoms with Crippen molar-refractivity contribution in [2.75, 3.05) is 13.2 Å². The molecule has 0 radical (unpaired) electrons. The molecule has 1 aliphatic rings. The first kappa shape index (κ1) is 15.9. The van der Waals surface area contributed by atoms with E-state index in [2.05, 4.69) is 0 Å². The van der Waals surface area contributed by atoms with E-state index >= 15 is 0 Å². The third kappa shape index (κ3) is 3.34. The van der Waals surface area contributed by atoms with E-state index in [1.165, 1.54) is 12.8 Å². The molecule has 124 valence electrons. The van der Waals surface area contributed by atoms with Gasteiger partial charge >= 0.3 is 5.97 Å². The van der Waals surface area contributed by atoms with Gasteiger partial charge < -0.3 is 19.1 Å². The van der Waals surface area contributed by atoms with Gasteiger partial charge in [-0.1, -0.05) is 12.1 Å². The number of ether oxygens (including phenoxy) is 2. The van der Waals surface area contributed by atoms with Crippen LogP contribution in [0, 0.1) is 5.92 Å². The second-order valence-corrected chi connectivity index (χ2v) is 6.11. The molecule has 0 amide bonds. The molecule has 0 aliphatic heterocycles. The predicted octanol–water partition coefficient (Wildman–Crippen LogP) is 2.99. The Balaban J connectivity index is 2.08. The van der Waals surface area contributed by atoms with Gasteiger partial charge in [0, 0.05) is 11.9 Å². The third-order valence-electron chi connectivity index (χ3n) is 4.09. The third-order valence-corrected chi connectivity index (χ3v) is 4.09. The SMILES string of the molecule is CCOC(=O)c1cc2cccc(O[C@H](C)CO)c2n1CC1CC1. The lowest BCUT2D eigenvalue weighted by molar-refractivity contribution is 0.0514. The second-order valence-electron chi connectivity index (χ2n) is 6.11. The number of para-hydroxylation sites is 1. The van der Waals surface area contributed by atoms with Gasteiger partial charge in [0.05, 0.1) is 18.7 Å². The molecule has 2 aromatic rings. The van der Waals surface area contributed by atoms with Gasteiger partial charge in [-0.25, -0.2) is 4.79 Å². The summed E-state index contributed by atoms with van der Waals surface area (Å²) in [5.74, 6) is 1.01. The van der Waals surface area contributed by atoms with Gasteiger partial charge in [-0.05, 0) is 44.7 Å². The average Bonchev–Trinajstić information content (AvgIpc) is 3.27. The van der Waals surface area contributed by atoms with E-state index in [4.69, 9.17) is 9.47 Å². The first-order chi connectivity index (χ1) is 11.1. The van der Waals surface area contributed by atoms with Gasteiger partial charge in [-0.3, -0.25) is 0 Å². The Labute approximate surface area is 135 Å². The molecular formula is C18H23NO4. The summed E-state index contributed by atoms with van der Waals surface area (Å²) >= 11 is 0. The highest BCUT2D eigenvalue weighted by Crippen LogP contribution is 2.36. The van der Waals surface area contributed by atoms with Crippen LogP contribution < -0.4 is 4.74 Å². The fraction of sp³-hybridized carbons (Fsp3) is 0.500. The van der Waals surface area contributed by atoms with Crippen LogP contribution in [0.25, 0.3) is 10.9 Å². The number of nitrogens with zero attached hydrogens (tertiary/aromatic N) is 1. The van der Waals surface area contributed by atoms with E-state index in [0.29, 0.717) is 24.0 Å². The fourth-order valence-electron chi connectivity index (χ4n) is 2.76. The van der Waals surface area contributed by atoms with E-state index < -0.39 is 0 Å². The van der Waals surface area contributed by atoms with Crippen LogP contribution >= 0.6 is 0 Å².